The lowest BCUT2D eigenvalue weighted by Crippen LogP contribution is -1.99. The van der Waals surface area contributed by atoms with Gasteiger partial charge in [-0.25, -0.2) is 0 Å². The zero-order chi connectivity index (χ0) is 11.0. The van der Waals surface area contributed by atoms with Crippen LogP contribution in [0.15, 0.2) is 36.7 Å². The molecule has 1 saturated carbocycles. The summed E-state index contributed by atoms with van der Waals surface area (Å²) in [5, 5.41) is 4.37. The van der Waals surface area contributed by atoms with Crippen molar-refractivity contribution in [3.8, 4) is 11.1 Å². The van der Waals surface area contributed by atoms with Crippen LogP contribution in [0.5, 0.6) is 0 Å². The average Bonchev–Trinajstić information content (AvgIpc) is 2.97. The number of aromatic nitrogens is 2. The number of nitrogen functional groups attached to an aromatic ring is 1. The number of hydrogen-bond acceptors (Lipinski definition) is 2. The highest BCUT2D eigenvalue weighted by atomic mass is 15.3. The zero-order valence-electron chi connectivity index (χ0n) is 9.13. The molecule has 0 amide bonds. The van der Waals surface area contributed by atoms with Crippen molar-refractivity contribution in [3.63, 3.8) is 0 Å². The van der Waals surface area contributed by atoms with E-state index in [1.165, 1.54) is 12.8 Å². The normalized spacial score (nSPS) is 15.2. The summed E-state index contributed by atoms with van der Waals surface area (Å²) in [6, 6.07) is 7.92. The first kappa shape index (κ1) is 9.46. The van der Waals surface area contributed by atoms with Crippen LogP contribution < -0.4 is 5.73 Å². The van der Waals surface area contributed by atoms with Crippen LogP contribution in [-0.4, -0.2) is 9.78 Å². The Kier molecular flexibility index (Phi) is 2.17. The van der Waals surface area contributed by atoms with E-state index in [1.54, 1.807) is 0 Å². The summed E-state index contributed by atoms with van der Waals surface area (Å²) in [7, 11) is 0. The lowest BCUT2D eigenvalue weighted by molar-refractivity contribution is 0.563. The first-order valence-electron chi connectivity index (χ1n) is 5.70. The average molecular weight is 213 g/mol. The summed E-state index contributed by atoms with van der Waals surface area (Å²) in [6.45, 7) is 1.05. The molecule has 3 nitrogen and oxygen atoms in total. The first-order chi connectivity index (χ1) is 7.83. The Morgan fingerprint density at radius 2 is 2.12 bits per heavy atom. The first-order valence-corrected chi connectivity index (χ1v) is 5.70. The minimum Gasteiger partial charge on any atom is -0.398 e. The topological polar surface area (TPSA) is 43.8 Å². The molecule has 0 aliphatic heterocycles. The molecule has 3 rings (SSSR count). The summed E-state index contributed by atoms with van der Waals surface area (Å²) in [5.74, 6) is 0.848. The van der Waals surface area contributed by atoms with Crippen LogP contribution in [0.1, 0.15) is 12.8 Å². The van der Waals surface area contributed by atoms with Crippen molar-refractivity contribution in [2.45, 2.75) is 19.4 Å². The predicted molar refractivity (Wildman–Crippen MR) is 64.8 cm³/mol. The molecule has 0 saturated heterocycles. The maximum Gasteiger partial charge on any atom is 0.0569 e. The molecule has 1 aliphatic carbocycles. The third-order valence-corrected chi connectivity index (χ3v) is 3.05. The number of nitrogens with zero attached hydrogens (tertiary/aromatic N) is 2. The fourth-order valence-electron chi connectivity index (χ4n) is 1.93. The Hall–Kier alpha value is -1.77. The van der Waals surface area contributed by atoms with Crippen molar-refractivity contribution in [2.24, 2.45) is 5.92 Å². The number of hydrogen-bond donors (Lipinski definition) is 1. The van der Waals surface area contributed by atoms with Gasteiger partial charge in [0.15, 0.2) is 0 Å². The Morgan fingerprint density at radius 1 is 1.31 bits per heavy atom. The van der Waals surface area contributed by atoms with Crippen LogP contribution in [0.3, 0.4) is 0 Å². The molecule has 1 fully saturated rings. The summed E-state index contributed by atoms with van der Waals surface area (Å²) < 4.78 is 2.03. The lowest BCUT2D eigenvalue weighted by atomic mass is 10.1. The lowest BCUT2D eigenvalue weighted by Gasteiger charge is -2.01. The van der Waals surface area contributed by atoms with E-state index >= 15 is 0 Å². The van der Waals surface area contributed by atoms with E-state index in [9.17, 15) is 0 Å². The summed E-state index contributed by atoms with van der Waals surface area (Å²) >= 11 is 0. The summed E-state index contributed by atoms with van der Waals surface area (Å²) in [6.07, 6.45) is 6.68. The Labute approximate surface area is 94.9 Å². The maximum atomic E-state index is 5.94. The molecule has 0 bridgehead atoms. The minimum atomic E-state index is 0.813. The molecule has 0 radical (unpaired) electrons. The van der Waals surface area contributed by atoms with Crippen LogP contribution >= 0.6 is 0 Å². The van der Waals surface area contributed by atoms with Crippen molar-refractivity contribution in [1.82, 2.24) is 9.78 Å². The Balaban J connectivity index is 1.88. The van der Waals surface area contributed by atoms with Gasteiger partial charge in [-0.2, -0.15) is 5.10 Å². The van der Waals surface area contributed by atoms with Gasteiger partial charge < -0.3 is 5.73 Å². The zero-order valence-corrected chi connectivity index (χ0v) is 9.13. The minimum absolute atomic E-state index is 0.813. The molecule has 2 N–H and O–H groups in total. The molecule has 1 aliphatic rings. The molecule has 0 unspecified atom stereocenters. The quantitative estimate of drug-likeness (QED) is 0.796. The monoisotopic (exact) mass is 213 g/mol. The molecule has 1 aromatic heterocycles. The smallest absolute Gasteiger partial charge is 0.0569 e. The molecule has 0 spiro atoms. The van der Waals surface area contributed by atoms with Crippen molar-refractivity contribution in [3.05, 3.63) is 36.7 Å². The van der Waals surface area contributed by atoms with Crippen molar-refractivity contribution < 1.29 is 0 Å². The predicted octanol–water partition coefficient (Wildman–Crippen LogP) is 2.54. The van der Waals surface area contributed by atoms with E-state index in [0.29, 0.717) is 0 Å². The molecule has 1 aromatic carbocycles. The second-order valence-corrected chi connectivity index (χ2v) is 4.48. The largest absolute Gasteiger partial charge is 0.398 e. The SMILES string of the molecule is Nc1ccccc1-c1cnn(CC2CC2)c1. The van der Waals surface area contributed by atoms with E-state index in [1.807, 2.05) is 35.1 Å². The number of benzene rings is 1. The number of para-hydroxylation sites is 1. The molecule has 1 heterocycles. The fourth-order valence-corrected chi connectivity index (χ4v) is 1.93. The van der Waals surface area contributed by atoms with Crippen LogP contribution in [0.4, 0.5) is 5.69 Å². The van der Waals surface area contributed by atoms with Crippen LogP contribution in [0.2, 0.25) is 0 Å². The van der Waals surface area contributed by atoms with Gasteiger partial charge >= 0.3 is 0 Å². The second-order valence-electron chi connectivity index (χ2n) is 4.48. The summed E-state index contributed by atoms with van der Waals surface area (Å²) in [5.41, 5.74) is 8.94. The van der Waals surface area contributed by atoms with Crippen LogP contribution in [-0.2, 0) is 6.54 Å². The molecular formula is C13H15N3. The van der Waals surface area contributed by atoms with E-state index < -0.39 is 0 Å². The van der Waals surface area contributed by atoms with Gasteiger partial charge in [0, 0.05) is 29.6 Å². The Bertz CT molecular complexity index is 497. The number of anilines is 1. The van der Waals surface area contributed by atoms with Gasteiger partial charge in [-0.3, -0.25) is 4.68 Å². The van der Waals surface area contributed by atoms with Gasteiger partial charge in [0.05, 0.1) is 6.20 Å². The van der Waals surface area contributed by atoms with Gasteiger partial charge in [-0.1, -0.05) is 18.2 Å². The third kappa shape index (κ3) is 1.81. The van der Waals surface area contributed by atoms with Crippen molar-refractivity contribution in [2.75, 3.05) is 5.73 Å². The Morgan fingerprint density at radius 3 is 2.88 bits per heavy atom. The van der Waals surface area contributed by atoms with Gasteiger partial charge in [0.2, 0.25) is 0 Å². The molecular weight excluding hydrogens is 198 g/mol. The molecule has 82 valence electrons. The second kappa shape index (κ2) is 3.67. The standard InChI is InChI=1S/C13H15N3/c14-13-4-2-1-3-12(13)11-7-15-16(9-11)8-10-5-6-10/h1-4,7,9-10H,5-6,8,14H2. The van der Waals surface area contributed by atoms with Gasteiger partial charge in [-0.05, 0) is 24.8 Å². The highest BCUT2D eigenvalue weighted by Crippen LogP contribution is 2.31. The van der Waals surface area contributed by atoms with E-state index in [2.05, 4.69) is 11.3 Å². The van der Waals surface area contributed by atoms with Gasteiger partial charge in [0.1, 0.15) is 0 Å². The van der Waals surface area contributed by atoms with Crippen LogP contribution in [0.25, 0.3) is 11.1 Å². The van der Waals surface area contributed by atoms with Gasteiger partial charge in [0.25, 0.3) is 0 Å². The molecule has 0 atom stereocenters. The fraction of sp³-hybridized carbons (Fsp3) is 0.308. The van der Waals surface area contributed by atoms with E-state index in [-0.39, 0.29) is 0 Å². The third-order valence-electron chi connectivity index (χ3n) is 3.05. The number of nitrogens with two attached hydrogens (primary N) is 1. The highest BCUT2D eigenvalue weighted by molar-refractivity contribution is 5.75. The van der Waals surface area contributed by atoms with Crippen LogP contribution in [0, 0.1) is 5.92 Å². The molecule has 2 aromatic rings. The van der Waals surface area contributed by atoms with Crippen molar-refractivity contribution >= 4 is 5.69 Å². The van der Waals surface area contributed by atoms with E-state index in [0.717, 1.165) is 29.3 Å². The highest BCUT2D eigenvalue weighted by Gasteiger charge is 2.22. The van der Waals surface area contributed by atoms with E-state index in [4.69, 9.17) is 5.73 Å². The summed E-state index contributed by atoms with van der Waals surface area (Å²) in [4.78, 5) is 0. The maximum absolute atomic E-state index is 5.94. The van der Waals surface area contributed by atoms with Gasteiger partial charge in [-0.15, -0.1) is 0 Å². The molecule has 16 heavy (non-hydrogen) atoms. The molecule has 3 heteroatoms. The van der Waals surface area contributed by atoms with Crippen molar-refractivity contribution in [1.29, 1.82) is 0 Å². The number of rotatable bonds is 3.